The minimum atomic E-state index is -3.46. The maximum atomic E-state index is 12.4. The molecule has 0 aliphatic heterocycles. The van der Waals surface area contributed by atoms with E-state index < -0.39 is 10.0 Å². The Bertz CT molecular complexity index is 1170. The highest BCUT2D eigenvalue weighted by atomic mass is 32.2. The molecule has 0 radical (unpaired) electrons. The van der Waals surface area contributed by atoms with Crippen LogP contribution < -0.4 is 14.6 Å². The lowest BCUT2D eigenvalue weighted by molar-refractivity contribution is 0.0955. The lowest BCUT2D eigenvalue weighted by Crippen LogP contribution is -2.29. The van der Waals surface area contributed by atoms with Crippen molar-refractivity contribution in [3.63, 3.8) is 0 Å². The monoisotopic (exact) mass is 450 g/mol. The summed E-state index contributed by atoms with van der Waals surface area (Å²) in [5.41, 5.74) is 6.24. The Hall–Kier alpha value is -3.65. The predicted octanol–water partition coefficient (Wildman–Crippen LogP) is 3.48. The topological polar surface area (TPSA) is 82.1 Å². The molecule has 3 rings (SSSR count). The minimum absolute atomic E-state index is 0.172. The van der Waals surface area contributed by atoms with Crippen LogP contribution in [0.25, 0.3) is 0 Å². The van der Waals surface area contributed by atoms with Crippen LogP contribution in [0.4, 0.5) is 11.4 Å². The fraction of sp³-hybridized carbons (Fsp3) is 0.167. The van der Waals surface area contributed by atoms with E-state index in [4.69, 9.17) is 0 Å². The number of para-hydroxylation sites is 1. The molecule has 0 spiro atoms. The zero-order valence-electron chi connectivity index (χ0n) is 18.3. The van der Waals surface area contributed by atoms with Crippen molar-refractivity contribution < 1.29 is 13.2 Å². The van der Waals surface area contributed by atoms with Crippen molar-refractivity contribution in [2.24, 2.45) is 5.10 Å². The van der Waals surface area contributed by atoms with Gasteiger partial charge in [-0.1, -0.05) is 42.5 Å². The van der Waals surface area contributed by atoms with E-state index in [-0.39, 0.29) is 12.5 Å². The highest BCUT2D eigenvalue weighted by Crippen LogP contribution is 2.20. The second kappa shape index (κ2) is 10.1. The van der Waals surface area contributed by atoms with Gasteiger partial charge in [-0.15, -0.1) is 0 Å². The molecule has 8 heteroatoms. The van der Waals surface area contributed by atoms with E-state index in [1.54, 1.807) is 54.7 Å². The van der Waals surface area contributed by atoms with Gasteiger partial charge >= 0.3 is 0 Å². The van der Waals surface area contributed by atoms with Crippen molar-refractivity contribution in [2.45, 2.75) is 6.54 Å². The molecule has 166 valence electrons. The third kappa shape index (κ3) is 6.18. The van der Waals surface area contributed by atoms with Gasteiger partial charge in [0.25, 0.3) is 5.91 Å². The van der Waals surface area contributed by atoms with E-state index in [9.17, 15) is 13.2 Å². The zero-order chi connectivity index (χ0) is 23.1. The maximum Gasteiger partial charge on any atom is 0.271 e. The fourth-order valence-electron chi connectivity index (χ4n) is 3.01. The summed E-state index contributed by atoms with van der Waals surface area (Å²) in [5, 5.41) is 4.01. The fourth-order valence-corrected chi connectivity index (χ4v) is 3.90. The van der Waals surface area contributed by atoms with Gasteiger partial charge in [-0.05, 0) is 47.5 Å². The molecule has 1 amide bonds. The zero-order valence-corrected chi connectivity index (χ0v) is 19.1. The summed E-state index contributed by atoms with van der Waals surface area (Å²) in [6.07, 6.45) is 2.75. The van der Waals surface area contributed by atoms with Gasteiger partial charge in [-0.3, -0.25) is 9.10 Å². The Morgan fingerprint density at radius 2 is 1.53 bits per heavy atom. The predicted molar refractivity (Wildman–Crippen MR) is 130 cm³/mol. The number of sulfonamides is 1. The average Bonchev–Trinajstić information content (AvgIpc) is 2.78. The average molecular weight is 451 g/mol. The normalized spacial score (nSPS) is 11.3. The molecule has 32 heavy (non-hydrogen) atoms. The Morgan fingerprint density at radius 3 is 2.09 bits per heavy atom. The first kappa shape index (κ1) is 23.0. The van der Waals surface area contributed by atoms with E-state index in [2.05, 4.69) is 10.5 Å². The molecule has 0 saturated carbocycles. The number of hydrogen-bond donors (Lipinski definition) is 1. The number of carbonyl (C=O) groups excluding carboxylic acids is 1. The van der Waals surface area contributed by atoms with Gasteiger partial charge in [0.15, 0.2) is 0 Å². The first-order valence-corrected chi connectivity index (χ1v) is 11.8. The molecule has 7 nitrogen and oxygen atoms in total. The molecule has 0 saturated heterocycles. The van der Waals surface area contributed by atoms with Crippen molar-refractivity contribution in [1.82, 2.24) is 5.43 Å². The summed E-state index contributed by atoms with van der Waals surface area (Å²) in [6, 6.07) is 23.4. The molecule has 0 fully saturated rings. The molecule has 0 bridgehead atoms. The van der Waals surface area contributed by atoms with Gasteiger partial charge < -0.3 is 4.90 Å². The van der Waals surface area contributed by atoms with E-state index in [0.29, 0.717) is 11.3 Å². The number of benzene rings is 3. The SMILES string of the molecule is CN(C)c1ccc(/C=N/NC(=O)c2ccc(CN(c3ccccc3)S(C)(=O)=O)cc2)cc1. The number of nitrogens with one attached hydrogen (secondary N) is 1. The number of anilines is 2. The van der Waals surface area contributed by atoms with E-state index in [1.807, 2.05) is 49.3 Å². The summed E-state index contributed by atoms with van der Waals surface area (Å²) in [6.45, 7) is 0.172. The van der Waals surface area contributed by atoms with E-state index in [1.165, 1.54) is 10.6 Å². The molecular weight excluding hydrogens is 424 g/mol. The lowest BCUT2D eigenvalue weighted by atomic mass is 10.1. The first-order valence-electron chi connectivity index (χ1n) is 9.96. The van der Waals surface area contributed by atoms with Gasteiger partial charge in [0.2, 0.25) is 10.0 Å². The minimum Gasteiger partial charge on any atom is -0.378 e. The van der Waals surface area contributed by atoms with Crippen LogP contribution in [0.2, 0.25) is 0 Å². The smallest absolute Gasteiger partial charge is 0.271 e. The Morgan fingerprint density at radius 1 is 0.906 bits per heavy atom. The van der Waals surface area contributed by atoms with Crippen molar-refractivity contribution in [2.75, 3.05) is 29.6 Å². The molecule has 3 aromatic carbocycles. The Labute approximate surface area is 189 Å². The second-order valence-corrected chi connectivity index (χ2v) is 9.39. The molecule has 3 aromatic rings. The highest BCUT2D eigenvalue weighted by Gasteiger charge is 2.17. The molecule has 0 unspecified atom stereocenters. The number of hydrazone groups is 1. The van der Waals surface area contributed by atoms with Crippen LogP contribution in [-0.4, -0.2) is 40.9 Å². The second-order valence-electron chi connectivity index (χ2n) is 7.49. The molecule has 0 aliphatic rings. The molecular formula is C24H26N4O3S. The van der Waals surface area contributed by atoms with Crippen LogP contribution in [0.1, 0.15) is 21.5 Å². The van der Waals surface area contributed by atoms with Crippen molar-refractivity contribution in [1.29, 1.82) is 0 Å². The van der Waals surface area contributed by atoms with Crippen LogP contribution in [0.15, 0.2) is 84.0 Å². The first-order chi connectivity index (χ1) is 15.2. The third-order valence-electron chi connectivity index (χ3n) is 4.78. The quantitative estimate of drug-likeness (QED) is 0.421. The van der Waals surface area contributed by atoms with Crippen LogP contribution in [0, 0.1) is 0 Å². The highest BCUT2D eigenvalue weighted by molar-refractivity contribution is 7.92. The van der Waals surface area contributed by atoms with E-state index in [0.717, 1.165) is 16.8 Å². The molecule has 0 aromatic heterocycles. The van der Waals surface area contributed by atoms with Crippen LogP contribution in [0.3, 0.4) is 0 Å². The van der Waals surface area contributed by atoms with Gasteiger partial charge in [0.05, 0.1) is 24.7 Å². The van der Waals surface area contributed by atoms with Gasteiger partial charge in [0, 0.05) is 25.3 Å². The number of hydrogen-bond acceptors (Lipinski definition) is 5. The van der Waals surface area contributed by atoms with E-state index >= 15 is 0 Å². The number of nitrogens with zero attached hydrogens (tertiary/aromatic N) is 3. The van der Waals surface area contributed by atoms with Gasteiger partial charge in [-0.25, -0.2) is 13.8 Å². The van der Waals surface area contributed by atoms with Crippen molar-refractivity contribution in [3.8, 4) is 0 Å². The number of carbonyl (C=O) groups is 1. The largest absolute Gasteiger partial charge is 0.378 e. The van der Waals surface area contributed by atoms with Crippen LogP contribution >= 0.6 is 0 Å². The van der Waals surface area contributed by atoms with Gasteiger partial charge in [0.1, 0.15) is 0 Å². The maximum absolute atomic E-state index is 12.4. The van der Waals surface area contributed by atoms with Crippen LogP contribution in [0.5, 0.6) is 0 Å². The molecule has 1 N–H and O–H groups in total. The van der Waals surface area contributed by atoms with Crippen molar-refractivity contribution in [3.05, 3.63) is 95.6 Å². The Balaban J connectivity index is 1.63. The van der Waals surface area contributed by atoms with Gasteiger partial charge in [-0.2, -0.15) is 5.10 Å². The lowest BCUT2D eigenvalue weighted by Gasteiger charge is -2.22. The number of rotatable bonds is 8. The number of amides is 1. The van der Waals surface area contributed by atoms with Crippen molar-refractivity contribution >= 4 is 33.5 Å². The summed E-state index contributed by atoms with van der Waals surface area (Å²) in [4.78, 5) is 14.4. The standard InChI is InChI=1S/C24H26N4O3S/c1-27(2)22-15-11-19(12-16-22)17-25-26-24(29)21-13-9-20(10-14-21)18-28(32(3,30)31)23-7-5-4-6-8-23/h4-17H,18H2,1-3H3,(H,26,29)/b25-17+. The van der Waals surface area contributed by atoms with Crippen LogP contribution in [-0.2, 0) is 16.6 Å². The molecule has 0 heterocycles. The third-order valence-corrected chi connectivity index (χ3v) is 5.92. The molecule has 0 aliphatic carbocycles. The summed E-state index contributed by atoms with van der Waals surface area (Å²) in [7, 11) is 0.478. The summed E-state index contributed by atoms with van der Waals surface area (Å²) < 4.78 is 25.8. The Kier molecular flexibility index (Phi) is 7.27. The summed E-state index contributed by atoms with van der Waals surface area (Å²) >= 11 is 0. The summed E-state index contributed by atoms with van der Waals surface area (Å²) in [5.74, 6) is -0.347. The molecule has 0 atom stereocenters.